The maximum Gasteiger partial charge on any atom is 0.0405 e. The Morgan fingerprint density at radius 2 is 0.864 bits per heavy atom. The first-order valence-electron chi connectivity index (χ1n) is 7.34. The van der Waals surface area contributed by atoms with Crippen LogP contribution in [0.3, 0.4) is 0 Å². The Morgan fingerprint density at radius 1 is 0.500 bits per heavy atom. The molecule has 0 bridgehead atoms. The van der Waals surface area contributed by atoms with Gasteiger partial charge >= 0.3 is 0 Å². The van der Waals surface area contributed by atoms with E-state index in [0.29, 0.717) is 0 Å². The average Bonchev–Trinajstić information content (AvgIpc) is 2.53. The van der Waals surface area contributed by atoms with Crippen LogP contribution in [0.25, 0.3) is 0 Å². The van der Waals surface area contributed by atoms with Crippen LogP contribution in [-0.2, 0) is 0 Å². The maximum absolute atomic E-state index is 5.54. The zero-order chi connectivity index (χ0) is 16.2. The van der Waals surface area contributed by atoms with Crippen molar-refractivity contribution in [2.75, 3.05) is 0 Å². The van der Waals surface area contributed by atoms with Crippen molar-refractivity contribution in [3.63, 3.8) is 0 Å². The number of hydrogen-bond acceptors (Lipinski definition) is 0. The van der Waals surface area contributed by atoms with Crippen molar-refractivity contribution >= 4 is 11.6 Å². The standard InChI is InChI=1S/C8H10.C7H8.C6H5Cl/c1-7-5-3-4-6-8(7)2;1-7-5-3-2-4-6-7;7-6-4-2-1-3-5-6/h3-6H,1-2H3;2-6H,1H3;1-5H. The molecule has 3 aromatic rings. The molecule has 0 nitrogen and oxygen atoms in total. The first-order valence-corrected chi connectivity index (χ1v) is 7.72. The highest BCUT2D eigenvalue weighted by Gasteiger charge is 1.83. The molecule has 1 heteroatoms. The summed E-state index contributed by atoms with van der Waals surface area (Å²) in [5, 5.41) is 0.794. The fourth-order valence-corrected chi connectivity index (χ4v) is 1.76. The highest BCUT2D eigenvalue weighted by molar-refractivity contribution is 6.30. The molecule has 0 radical (unpaired) electrons. The maximum atomic E-state index is 5.54. The molecule has 0 saturated heterocycles. The number of aryl methyl sites for hydroxylation is 3. The Bertz CT molecular complexity index is 572. The van der Waals surface area contributed by atoms with Crippen LogP contribution in [0.1, 0.15) is 16.7 Å². The lowest BCUT2D eigenvalue weighted by molar-refractivity contribution is 1.34. The van der Waals surface area contributed by atoms with Crippen LogP contribution in [0.5, 0.6) is 0 Å². The molecule has 0 aliphatic rings. The van der Waals surface area contributed by atoms with Gasteiger partial charge in [-0.3, -0.25) is 0 Å². The summed E-state index contributed by atoms with van der Waals surface area (Å²) in [7, 11) is 0. The van der Waals surface area contributed by atoms with Gasteiger partial charge in [0.2, 0.25) is 0 Å². The minimum absolute atomic E-state index is 0.794. The highest BCUT2D eigenvalue weighted by atomic mass is 35.5. The van der Waals surface area contributed by atoms with E-state index in [-0.39, 0.29) is 0 Å². The molecule has 0 atom stereocenters. The van der Waals surface area contributed by atoms with E-state index in [0.717, 1.165) is 5.02 Å². The Morgan fingerprint density at radius 3 is 1.09 bits per heavy atom. The predicted octanol–water partition coefficient (Wildman–Crippen LogP) is 6.64. The normalized spacial score (nSPS) is 8.91. The zero-order valence-corrected chi connectivity index (χ0v) is 14.2. The second-order valence-electron chi connectivity index (χ2n) is 5.03. The van der Waals surface area contributed by atoms with Gasteiger partial charge in [-0.25, -0.2) is 0 Å². The van der Waals surface area contributed by atoms with Crippen molar-refractivity contribution in [2.45, 2.75) is 20.8 Å². The SMILES string of the molecule is Cc1ccccc1.Cc1ccccc1C.Clc1ccccc1. The van der Waals surface area contributed by atoms with E-state index in [9.17, 15) is 0 Å². The monoisotopic (exact) mass is 310 g/mol. The lowest BCUT2D eigenvalue weighted by atomic mass is 10.1. The highest BCUT2D eigenvalue weighted by Crippen LogP contribution is 2.03. The van der Waals surface area contributed by atoms with Gasteiger partial charge in [0.25, 0.3) is 0 Å². The van der Waals surface area contributed by atoms with E-state index in [1.54, 1.807) is 0 Å². The molecule has 3 rings (SSSR count). The van der Waals surface area contributed by atoms with Crippen molar-refractivity contribution in [3.05, 3.63) is 107 Å². The van der Waals surface area contributed by atoms with Crippen molar-refractivity contribution < 1.29 is 0 Å². The Labute approximate surface area is 139 Å². The van der Waals surface area contributed by atoms with Crippen LogP contribution in [0, 0.1) is 20.8 Å². The first kappa shape index (κ1) is 18.0. The molecule has 0 saturated carbocycles. The van der Waals surface area contributed by atoms with Gasteiger partial charge in [0, 0.05) is 5.02 Å². The Balaban J connectivity index is 0.000000166. The van der Waals surface area contributed by atoms with E-state index in [1.807, 2.05) is 48.5 Å². The summed E-state index contributed by atoms with van der Waals surface area (Å²) in [6.07, 6.45) is 0. The molecule has 0 amide bonds. The van der Waals surface area contributed by atoms with Gasteiger partial charge in [-0.2, -0.15) is 0 Å². The molecule has 0 heterocycles. The van der Waals surface area contributed by atoms with E-state index >= 15 is 0 Å². The number of hydrogen-bond donors (Lipinski definition) is 0. The predicted molar refractivity (Wildman–Crippen MR) is 98.5 cm³/mol. The fourth-order valence-electron chi connectivity index (χ4n) is 1.61. The van der Waals surface area contributed by atoms with Crippen LogP contribution in [0.4, 0.5) is 0 Å². The van der Waals surface area contributed by atoms with Gasteiger partial charge in [0.15, 0.2) is 0 Å². The lowest BCUT2D eigenvalue weighted by Crippen LogP contribution is -1.74. The lowest BCUT2D eigenvalue weighted by Gasteiger charge is -1.93. The average molecular weight is 311 g/mol. The fraction of sp³-hybridized carbons (Fsp3) is 0.143. The minimum atomic E-state index is 0.794. The van der Waals surface area contributed by atoms with Crippen molar-refractivity contribution in [1.29, 1.82) is 0 Å². The molecule has 0 aliphatic carbocycles. The molecule has 0 spiro atoms. The van der Waals surface area contributed by atoms with Gasteiger partial charge in [-0.05, 0) is 44.0 Å². The van der Waals surface area contributed by atoms with Crippen molar-refractivity contribution in [3.8, 4) is 0 Å². The summed E-state index contributed by atoms with van der Waals surface area (Å²) in [5.74, 6) is 0. The Kier molecular flexibility index (Phi) is 8.71. The third-order valence-electron chi connectivity index (χ3n) is 3.10. The summed E-state index contributed by atoms with van der Waals surface area (Å²) in [5.41, 5.74) is 4.06. The van der Waals surface area contributed by atoms with Gasteiger partial charge in [-0.1, -0.05) is 90.0 Å². The summed E-state index contributed by atoms with van der Waals surface area (Å²) < 4.78 is 0. The second kappa shape index (κ2) is 10.6. The van der Waals surface area contributed by atoms with E-state index in [2.05, 4.69) is 57.2 Å². The van der Waals surface area contributed by atoms with Crippen LogP contribution in [-0.4, -0.2) is 0 Å². The summed E-state index contributed by atoms with van der Waals surface area (Å²) >= 11 is 5.54. The summed E-state index contributed by atoms with van der Waals surface area (Å²) in [6, 6.07) is 28.1. The number of rotatable bonds is 0. The first-order chi connectivity index (χ1) is 10.6. The smallest absolute Gasteiger partial charge is 0.0405 e. The topological polar surface area (TPSA) is 0 Å². The molecule has 0 N–H and O–H groups in total. The third kappa shape index (κ3) is 8.28. The molecule has 0 aromatic heterocycles. The summed E-state index contributed by atoms with van der Waals surface area (Å²) in [6.45, 7) is 6.32. The zero-order valence-electron chi connectivity index (χ0n) is 13.5. The largest absolute Gasteiger partial charge is 0.0843 e. The molecule has 114 valence electrons. The van der Waals surface area contributed by atoms with Gasteiger partial charge in [0.05, 0.1) is 0 Å². The molecular formula is C21H23Cl. The quantitative estimate of drug-likeness (QED) is 0.436. The van der Waals surface area contributed by atoms with Gasteiger partial charge in [0.1, 0.15) is 0 Å². The van der Waals surface area contributed by atoms with Crippen LogP contribution < -0.4 is 0 Å². The number of halogens is 1. The molecule has 0 fully saturated rings. The second-order valence-corrected chi connectivity index (χ2v) is 5.47. The molecule has 22 heavy (non-hydrogen) atoms. The van der Waals surface area contributed by atoms with E-state index < -0.39 is 0 Å². The van der Waals surface area contributed by atoms with Gasteiger partial charge < -0.3 is 0 Å². The van der Waals surface area contributed by atoms with E-state index in [4.69, 9.17) is 11.6 Å². The van der Waals surface area contributed by atoms with Gasteiger partial charge in [-0.15, -0.1) is 0 Å². The number of benzene rings is 3. The van der Waals surface area contributed by atoms with Crippen LogP contribution in [0.15, 0.2) is 84.9 Å². The van der Waals surface area contributed by atoms with Crippen molar-refractivity contribution in [1.82, 2.24) is 0 Å². The minimum Gasteiger partial charge on any atom is -0.0843 e. The molecule has 0 aliphatic heterocycles. The van der Waals surface area contributed by atoms with E-state index in [1.165, 1.54) is 16.7 Å². The third-order valence-corrected chi connectivity index (χ3v) is 3.35. The van der Waals surface area contributed by atoms with Crippen molar-refractivity contribution in [2.24, 2.45) is 0 Å². The van der Waals surface area contributed by atoms with Crippen LogP contribution >= 0.6 is 11.6 Å². The Hall–Kier alpha value is -2.05. The summed E-state index contributed by atoms with van der Waals surface area (Å²) in [4.78, 5) is 0. The van der Waals surface area contributed by atoms with Crippen LogP contribution in [0.2, 0.25) is 5.02 Å². The molecular weight excluding hydrogens is 288 g/mol. The molecule has 3 aromatic carbocycles. The molecule has 0 unspecified atom stereocenters.